The highest BCUT2D eigenvalue weighted by molar-refractivity contribution is 5.93. The van der Waals surface area contributed by atoms with Crippen LogP contribution in [0.5, 0.6) is 0 Å². The average molecular weight is 160 g/mol. The first-order valence-corrected chi connectivity index (χ1v) is 4.75. The van der Waals surface area contributed by atoms with Crippen LogP contribution < -0.4 is 0 Å². The lowest BCUT2D eigenvalue weighted by Crippen LogP contribution is -2.28. The molecule has 3 rings (SSSR count). The zero-order valence-electron chi connectivity index (χ0n) is 6.94. The van der Waals surface area contributed by atoms with Crippen molar-refractivity contribution < 1.29 is 4.79 Å². The summed E-state index contributed by atoms with van der Waals surface area (Å²) >= 11 is 0. The molecule has 0 aliphatic heterocycles. The van der Waals surface area contributed by atoms with Gasteiger partial charge in [0, 0.05) is 5.92 Å². The monoisotopic (exact) mass is 160 g/mol. The van der Waals surface area contributed by atoms with Crippen molar-refractivity contribution in [1.29, 1.82) is 0 Å². The Bertz CT molecular complexity index is 287. The molecule has 2 bridgehead atoms. The van der Waals surface area contributed by atoms with Gasteiger partial charge in [-0.1, -0.05) is 18.2 Å². The summed E-state index contributed by atoms with van der Waals surface area (Å²) in [6, 6.07) is 0. The normalized spacial score (nSPS) is 48.5. The molecule has 1 fully saturated rings. The third-order valence-electron chi connectivity index (χ3n) is 3.64. The number of carbonyl (C=O) groups is 1. The molecule has 1 heteroatoms. The summed E-state index contributed by atoms with van der Waals surface area (Å²) in [5, 5.41) is 0. The van der Waals surface area contributed by atoms with Crippen molar-refractivity contribution in [3.8, 4) is 0 Å². The zero-order chi connectivity index (χ0) is 8.13. The van der Waals surface area contributed by atoms with E-state index in [1.165, 1.54) is 6.42 Å². The summed E-state index contributed by atoms with van der Waals surface area (Å²) in [6.45, 7) is 0. The number of rotatable bonds is 0. The van der Waals surface area contributed by atoms with Crippen LogP contribution >= 0.6 is 0 Å². The summed E-state index contributed by atoms with van der Waals surface area (Å²) < 4.78 is 0. The summed E-state index contributed by atoms with van der Waals surface area (Å²) in [7, 11) is 0. The standard InChI is InChI=1S/C11H12O/c12-10-3-1-2-9-7-4-5-8(6-7)11(9)10/h1,3-5,7-9,11H,2,6H2/t7-,8-,9-,11+/m0/s1. The highest BCUT2D eigenvalue weighted by atomic mass is 16.1. The smallest absolute Gasteiger partial charge is 0.159 e. The molecule has 0 unspecified atom stereocenters. The molecule has 1 nitrogen and oxygen atoms in total. The van der Waals surface area contributed by atoms with Gasteiger partial charge in [0.2, 0.25) is 0 Å². The molecule has 3 aliphatic rings. The lowest BCUT2D eigenvalue weighted by atomic mass is 9.76. The van der Waals surface area contributed by atoms with Crippen LogP contribution in [0.1, 0.15) is 12.8 Å². The van der Waals surface area contributed by atoms with Crippen LogP contribution in [0.15, 0.2) is 24.3 Å². The van der Waals surface area contributed by atoms with Gasteiger partial charge < -0.3 is 0 Å². The van der Waals surface area contributed by atoms with Gasteiger partial charge in [0.1, 0.15) is 0 Å². The molecule has 0 heterocycles. The maximum Gasteiger partial charge on any atom is 0.159 e. The predicted octanol–water partition coefficient (Wildman–Crippen LogP) is 1.95. The summed E-state index contributed by atoms with van der Waals surface area (Å²) in [6.07, 6.45) is 10.8. The van der Waals surface area contributed by atoms with Crippen LogP contribution in [-0.2, 0) is 4.79 Å². The van der Waals surface area contributed by atoms with E-state index in [0.29, 0.717) is 29.5 Å². The summed E-state index contributed by atoms with van der Waals surface area (Å²) in [5.41, 5.74) is 0. The second-order valence-electron chi connectivity index (χ2n) is 4.18. The molecule has 4 atom stereocenters. The maximum atomic E-state index is 11.5. The molecule has 12 heavy (non-hydrogen) atoms. The van der Waals surface area contributed by atoms with E-state index in [-0.39, 0.29) is 0 Å². The van der Waals surface area contributed by atoms with Gasteiger partial charge in [0.05, 0.1) is 0 Å². The number of carbonyl (C=O) groups excluding carboxylic acids is 1. The van der Waals surface area contributed by atoms with Gasteiger partial charge >= 0.3 is 0 Å². The second-order valence-corrected chi connectivity index (χ2v) is 4.18. The number of hydrogen-bond donors (Lipinski definition) is 0. The Kier molecular flexibility index (Phi) is 1.16. The number of ketones is 1. The van der Waals surface area contributed by atoms with E-state index in [9.17, 15) is 4.79 Å². The molecule has 0 N–H and O–H groups in total. The van der Waals surface area contributed by atoms with Gasteiger partial charge in [0.15, 0.2) is 5.78 Å². The third-order valence-corrected chi connectivity index (χ3v) is 3.64. The molecule has 0 amide bonds. The SMILES string of the molecule is O=C1C=CC[C@@H]2[C@H]1[C@H]1C=C[C@H]2C1. The first-order chi connectivity index (χ1) is 5.86. The van der Waals surface area contributed by atoms with E-state index >= 15 is 0 Å². The molecular formula is C11H12O. The highest BCUT2D eigenvalue weighted by Gasteiger charge is 2.47. The Hall–Kier alpha value is -0.850. The van der Waals surface area contributed by atoms with Crippen molar-refractivity contribution in [3.63, 3.8) is 0 Å². The fourth-order valence-electron chi connectivity index (χ4n) is 3.12. The fraction of sp³-hybridized carbons (Fsp3) is 0.545. The molecule has 0 radical (unpaired) electrons. The average Bonchev–Trinajstić information content (AvgIpc) is 2.64. The van der Waals surface area contributed by atoms with Gasteiger partial charge in [-0.15, -0.1) is 0 Å². The minimum absolute atomic E-state index is 0.352. The van der Waals surface area contributed by atoms with Gasteiger partial charge in [-0.2, -0.15) is 0 Å². The molecule has 3 aliphatic carbocycles. The van der Waals surface area contributed by atoms with Crippen LogP contribution in [0.4, 0.5) is 0 Å². The molecule has 0 spiro atoms. The van der Waals surface area contributed by atoms with E-state index in [1.807, 2.05) is 0 Å². The van der Waals surface area contributed by atoms with Crippen LogP contribution in [-0.4, -0.2) is 5.78 Å². The third kappa shape index (κ3) is 0.669. The van der Waals surface area contributed by atoms with E-state index in [2.05, 4.69) is 18.2 Å². The van der Waals surface area contributed by atoms with Crippen molar-refractivity contribution in [2.24, 2.45) is 23.7 Å². The number of fused-ring (bicyclic) bond motifs is 5. The fourth-order valence-corrected chi connectivity index (χ4v) is 3.12. The Labute approximate surface area is 72.2 Å². The Morgan fingerprint density at radius 2 is 2.08 bits per heavy atom. The number of hydrogen-bond acceptors (Lipinski definition) is 1. The van der Waals surface area contributed by atoms with Crippen LogP contribution in [0.25, 0.3) is 0 Å². The lowest BCUT2D eigenvalue weighted by Gasteiger charge is -2.27. The van der Waals surface area contributed by atoms with Crippen molar-refractivity contribution in [3.05, 3.63) is 24.3 Å². The quantitative estimate of drug-likeness (QED) is 0.495. The molecule has 0 saturated heterocycles. The Balaban J connectivity index is 2.03. The van der Waals surface area contributed by atoms with Crippen molar-refractivity contribution in [2.45, 2.75) is 12.8 Å². The van der Waals surface area contributed by atoms with Crippen molar-refractivity contribution in [1.82, 2.24) is 0 Å². The van der Waals surface area contributed by atoms with Crippen LogP contribution in [0.3, 0.4) is 0 Å². The Morgan fingerprint density at radius 3 is 2.92 bits per heavy atom. The van der Waals surface area contributed by atoms with Crippen molar-refractivity contribution >= 4 is 5.78 Å². The first-order valence-electron chi connectivity index (χ1n) is 4.75. The first kappa shape index (κ1) is 6.64. The molecule has 0 aromatic rings. The van der Waals surface area contributed by atoms with Gasteiger partial charge in [-0.3, -0.25) is 4.79 Å². The van der Waals surface area contributed by atoms with E-state index in [0.717, 1.165) is 6.42 Å². The van der Waals surface area contributed by atoms with Crippen molar-refractivity contribution in [2.75, 3.05) is 0 Å². The molecule has 0 aromatic carbocycles. The van der Waals surface area contributed by atoms with E-state index < -0.39 is 0 Å². The van der Waals surface area contributed by atoms with Crippen LogP contribution in [0.2, 0.25) is 0 Å². The summed E-state index contributed by atoms with van der Waals surface area (Å²) in [4.78, 5) is 11.5. The highest BCUT2D eigenvalue weighted by Crippen LogP contribution is 2.51. The molecular weight excluding hydrogens is 148 g/mol. The predicted molar refractivity (Wildman–Crippen MR) is 46.5 cm³/mol. The zero-order valence-corrected chi connectivity index (χ0v) is 6.94. The number of allylic oxidation sites excluding steroid dienone is 4. The van der Waals surface area contributed by atoms with E-state index in [4.69, 9.17) is 0 Å². The minimum Gasteiger partial charge on any atom is -0.295 e. The van der Waals surface area contributed by atoms with Gasteiger partial charge in [-0.05, 0) is 36.7 Å². The van der Waals surface area contributed by atoms with E-state index in [1.54, 1.807) is 6.08 Å². The molecule has 0 aromatic heterocycles. The second kappa shape index (κ2) is 2.09. The largest absolute Gasteiger partial charge is 0.295 e. The minimum atomic E-state index is 0.352. The summed E-state index contributed by atoms with van der Waals surface area (Å²) in [5.74, 6) is 2.68. The molecule has 62 valence electrons. The topological polar surface area (TPSA) is 17.1 Å². The lowest BCUT2D eigenvalue weighted by molar-refractivity contribution is -0.120. The Morgan fingerprint density at radius 1 is 1.25 bits per heavy atom. The maximum absolute atomic E-state index is 11.5. The molecule has 1 saturated carbocycles. The van der Waals surface area contributed by atoms with Crippen LogP contribution in [0, 0.1) is 23.7 Å². The van der Waals surface area contributed by atoms with Gasteiger partial charge in [0.25, 0.3) is 0 Å². The van der Waals surface area contributed by atoms with Gasteiger partial charge in [-0.25, -0.2) is 0 Å².